The smallest absolute Gasteiger partial charge is 0.244 e. The lowest BCUT2D eigenvalue weighted by atomic mass is 9.96. The van der Waals surface area contributed by atoms with E-state index in [1.54, 1.807) is 38.7 Å². The van der Waals surface area contributed by atoms with Crippen molar-refractivity contribution in [3.63, 3.8) is 0 Å². The quantitative estimate of drug-likeness (QED) is 0.413. The molecule has 0 saturated carbocycles. The normalized spacial score (nSPS) is 11.7. The molecule has 1 aromatic heterocycles. The van der Waals surface area contributed by atoms with Gasteiger partial charge in [0, 0.05) is 48.4 Å². The summed E-state index contributed by atoms with van der Waals surface area (Å²) in [6.45, 7) is 4.93. The summed E-state index contributed by atoms with van der Waals surface area (Å²) in [5.41, 5.74) is 4.82. The van der Waals surface area contributed by atoms with Crippen molar-refractivity contribution in [1.29, 1.82) is 0 Å². The minimum Gasteiger partial charge on any atom is -0.496 e. The molecule has 0 aliphatic carbocycles. The highest BCUT2D eigenvalue weighted by Crippen LogP contribution is 2.40. The molecule has 5 nitrogen and oxygen atoms in total. The van der Waals surface area contributed by atoms with Crippen LogP contribution in [0.4, 0.5) is 4.39 Å². The van der Waals surface area contributed by atoms with Gasteiger partial charge in [0.1, 0.15) is 17.1 Å². The molecule has 0 unspecified atom stereocenters. The second-order valence-electron chi connectivity index (χ2n) is 7.08. The molecule has 2 aromatic carbocycles. The Balaban J connectivity index is 2.01. The summed E-state index contributed by atoms with van der Waals surface area (Å²) in [5.74, 6) is 0.193. The first kappa shape index (κ1) is 21.6. The number of aryl methyl sites for hydroxylation is 1. The zero-order chi connectivity index (χ0) is 21.7. The molecular formula is C24H26FNO4. The van der Waals surface area contributed by atoms with Crippen molar-refractivity contribution in [3.05, 3.63) is 59.6 Å². The summed E-state index contributed by atoms with van der Waals surface area (Å²) in [7, 11) is 3.23. The molecule has 30 heavy (non-hydrogen) atoms. The average Bonchev–Trinajstić information content (AvgIpc) is 3.16. The highest BCUT2D eigenvalue weighted by atomic mass is 19.1. The number of rotatable bonds is 8. The van der Waals surface area contributed by atoms with Crippen molar-refractivity contribution in [3.8, 4) is 16.9 Å². The average molecular weight is 411 g/mol. The number of benzene rings is 2. The number of amides is 1. The predicted octanol–water partition coefficient (Wildman–Crippen LogP) is 5.11. The van der Waals surface area contributed by atoms with E-state index in [0.29, 0.717) is 24.5 Å². The number of allylic oxidation sites excluding steroid dienone is 1. The molecule has 0 atom stereocenters. The van der Waals surface area contributed by atoms with E-state index >= 15 is 0 Å². The van der Waals surface area contributed by atoms with Gasteiger partial charge in [-0.05, 0) is 49.6 Å². The molecular weight excluding hydrogens is 385 g/mol. The van der Waals surface area contributed by atoms with E-state index in [1.165, 1.54) is 12.1 Å². The molecule has 158 valence electrons. The summed E-state index contributed by atoms with van der Waals surface area (Å²) in [5, 5.41) is 3.73. The monoisotopic (exact) mass is 411 g/mol. The lowest BCUT2D eigenvalue weighted by Crippen LogP contribution is -2.23. The van der Waals surface area contributed by atoms with Gasteiger partial charge in [-0.15, -0.1) is 0 Å². The molecule has 1 N–H and O–H groups in total. The summed E-state index contributed by atoms with van der Waals surface area (Å²) in [6, 6.07) is 8.23. The molecule has 0 saturated heterocycles. The van der Waals surface area contributed by atoms with Crippen LogP contribution < -0.4 is 10.1 Å². The van der Waals surface area contributed by atoms with Gasteiger partial charge in [0.05, 0.1) is 13.4 Å². The number of carbonyl (C=O) groups excluding carboxylic acids is 1. The largest absolute Gasteiger partial charge is 0.496 e. The summed E-state index contributed by atoms with van der Waals surface area (Å²) in [6.07, 6.45) is 3.98. The van der Waals surface area contributed by atoms with E-state index in [-0.39, 0.29) is 11.7 Å². The summed E-state index contributed by atoms with van der Waals surface area (Å²) >= 11 is 0. The standard InChI is InChI=1S/C24H26FNO4/c1-15(12-22(27)26-10-5-11-28-3)19-13-20-21(17-6-8-18(25)9-7-17)14-30-24(20)16(2)23(19)29-4/h6-9,12-14H,5,10-11H2,1-4H3,(H,26,27)/b15-12+. The summed E-state index contributed by atoms with van der Waals surface area (Å²) in [4.78, 5) is 12.3. The first-order valence-electron chi connectivity index (χ1n) is 9.76. The van der Waals surface area contributed by atoms with Crippen molar-refractivity contribution in [2.24, 2.45) is 0 Å². The lowest BCUT2D eigenvalue weighted by Gasteiger charge is -2.13. The van der Waals surface area contributed by atoms with Crippen LogP contribution in [0.2, 0.25) is 0 Å². The van der Waals surface area contributed by atoms with Crippen LogP contribution >= 0.6 is 0 Å². The van der Waals surface area contributed by atoms with Crippen molar-refractivity contribution < 1.29 is 23.1 Å². The third-order valence-electron chi connectivity index (χ3n) is 5.00. The van der Waals surface area contributed by atoms with E-state index in [9.17, 15) is 9.18 Å². The zero-order valence-electron chi connectivity index (χ0n) is 17.7. The first-order chi connectivity index (χ1) is 14.5. The second kappa shape index (κ2) is 9.59. The number of carbonyl (C=O) groups is 1. The Bertz CT molecular complexity index is 1070. The van der Waals surface area contributed by atoms with Gasteiger partial charge in [0.2, 0.25) is 5.91 Å². The van der Waals surface area contributed by atoms with Crippen LogP contribution in [-0.4, -0.2) is 33.3 Å². The van der Waals surface area contributed by atoms with Crippen LogP contribution in [0.5, 0.6) is 5.75 Å². The Hall–Kier alpha value is -3.12. The number of halogens is 1. The molecule has 3 rings (SSSR count). The number of hydrogen-bond acceptors (Lipinski definition) is 4. The fraction of sp³-hybridized carbons (Fsp3) is 0.292. The van der Waals surface area contributed by atoms with Gasteiger partial charge in [-0.25, -0.2) is 4.39 Å². The van der Waals surface area contributed by atoms with Crippen molar-refractivity contribution in [2.75, 3.05) is 27.4 Å². The Morgan fingerprint density at radius 1 is 1.23 bits per heavy atom. The van der Waals surface area contributed by atoms with Gasteiger partial charge < -0.3 is 19.2 Å². The first-order valence-corrected chi connectivity index (χ1v) is 9.76. The molecule has 0 aliphatic heterocycles. The van der Waals surface area contributed by atoms with Crippen molar-refractivity contribution in [2.45, 2.75) is 20.3 Å². The predicted molar refractivity (Wildman–Crippen MR) is 116 cm³/mol. The van der Waals surface area contributed by atoms with Gasteiger partial charge in [-0.2, -0.15) is 0 Å². The number of ether oxygens (including phenoxy) is 2. The SMILES string of the molecule is COCCCNC(=O)/C=C(\C)c1cc2c(-c3ccc(F)cc3)coc2c(C)c1OC. The maximum Gasteiger partial charge on any atom is 0.244 e. The number of hydrogen-bond donors (Lipinski definition) is 1. The van der Waals surface area contributed by atoms with E-state index in [2.05, 4.69) is 5.32 Å². The molecule has 0 aliphatic rings. The molecule has 0 radical (unpaired) electrons. The Morgan fingerprint density at radius 3 is 2.63 bits per heavy atom. The van der Waals surface area contributed by atoms with Gasteiger partial charge in [0.15, 0.2) is 0 Å². The van der Waals surface area contributed by atoms with Gasteiger partial charge in [-0.1, -0.05) is 12.1 Å². The minimum absolute atomic E-state index is 0.172. The zero-order valence-corrected chi connectivity index (χ0v) is 17.7. The van der Waals surface area contributed by atoms with Crippen LogP contribution in [0.1, 0.15) is 24.5 Å². The number of nitrogens with one attached hydrogen (secondary N) is 1. The maximum atomic E-state index is 13.3. The van der Waals surface area contributed by atoms with Crippen LogP contribution in [0, 0.1) is 12.7 Å². The Morgan fingerprint density at radius 2 is 1.97 bits per heavy atom. The Kier molecular flexibility index (Phi) is 6.90. The van der Waals surface area contributed by atoms with E-state index in [1.807, 2.05) is 19.9 Å². The fourth-order valence-electron chi connectivity index (χ4n) is 3.48. The third kappa shape index (κ3) is 4.54. The van der Waals surface area contributed by atoms with Gasteiger partial charge >= 0.3 is 0 Å². The number of methoxy groups -OCH3 is 2. The Labute approximate surface area is 175 Å². The van der Waals surface area contributed by atoms with Crippen molar-refractivity contribution >= 4 is 22.4 Å². The molecule has 0 bridgehead atoms. The van der Waals surface area contributed by atoms with Crippen LogP contribution in [0.15, 0.2) is 47.1 Å². The van der Waals surface area contributed by atoms with Crippen molar-refractivity contribution in [1.82, 2.24) is 5.32 Å². The topological polar surface area (TPSA) is 60.7 Å². The maximum absolute atomic E-state index is 13.3. The number of furan rings is 1. The second-order valence-corrected chi connectivity index (χ2v) is 7.08. The third-order valence-corrected chi connectivity index (χ3v) is 5.00. The fourth-order valence-corrected chi connectivity index (χ4v) is 3.48. The molecule has 1 heterocycles. The summed E-state index contributed by atoms with van der Waals surface area (Å²) < 4.78 is 29.8. The molecule has 3 aromatic rings. The highest BCUT2D eigenvalue weighted by Gasteiger charge is 2.18. The molecule has 1 amide bonds. The molecule has 0 fully saturated rings. The lowest BCUT2D eigenvalue weighted by molar-refractivity contribution is -0.116. The number of fused-ring (bicyclic) bond motifs is 1. The van der Waals surface area contributed by atoms with Crippen LogP contribution in [-0.2, 0) is 9.53 Å². The van der Waals surface area contributed by atoms with Crippen LogP contribution in [0.25, 0.3) is 27.7 Å². The van der Waals surface area contributed by atoms with Crippen LogP contribution in [0.3, 0.4) is 0 Å². The van der Waals surface area contributed by atoms with E-state index < -0.39 is 0 Å². The molecule has 6 heteroatoms. The van der Waals surface area contributed by atoms with Gasteiger partial charge in [-0.3, -0.25) is 4.79 Å². The highest BCUT2D eigenvalue weighted by molar-refractivity contribution is 6.01. The van der Waals surface area contributed by atoms with E-state index in [0.717, 1.165) is 39.6 Å². The van der Waals surface area contributed by atoms with Gasteiger partial charge in [0.25, 0.3) is 0 Å². The molecule has 0 spiro atoms. The van der Waals surface area contributed by atoms with E-state index in [4.69, 9.17) is 13.9 Å². The minimum atomic E-state index is -0.291.